The molecule has 2 amide bonds. The maximum Gasteiger partial charge on any atom is 0.319 e. The number of carbonyl (C=O) groups excluding carboxylic acids is 1. The number of carbonyl (C=O) groups is 1. The van der Waals surface area contributed by atoms with Gasteiger partial charge in [-0.25, -0.2) is 13.6 Å². The zero-order valence-electron chi connectivity index (χ0n) is 13.4. The number of urea groups is 1. The topological polar surface area (TPSA) is 61.4 Å². The Bertz CT molecular complexity index is 599. The number of benzene rings is 1. The molecule has 1 aliphatic carbocycles. The Morgan fingerprint density at radius 3 is 2.46 bits per heavy atom. The summed E-state index contributed by atoms with van der Waals surface area (Å²) in [6.07, 6.45) is 10.8. The van der Waals surface area contributed by atoms with Crippen molar-refractivity contribution in [1.29, 1.82) is 0 Å². The van der Waals surface area contributed by atoms with E-state index >= 15 is 0 Å². The molecule has 1 aromatic carbocycles. The van der Waals surface area contributed by atoms with Gasteiger partial charge in [-0.2, -0.15) is 0 Å². The highest BCUT2D eigenvalue weighted by Crippen LogP contribution is 2.28. The van der Waals surface area contributed by atoms with Crippen LogP contribution in [0, 0.1) is 29.9 Å². The molecule has 0 heterocycles. The van der Waals surface area contributed by atoms with E-state index in [-0.39, 0.29) is 24.1 Å². The van der Waals surface area contributed by atoms with Crippen LogP contribution < -0.4 is 10.6 Å². The zero-order valence-corrected chi connectivity index (χ0v) is 13.4. The molecule has 1 fully saturated rings. The predicted molar refractivity (Wildman–Crippen MR) is 88.5 cm³/mol. The van der Waals surface area contributed by atoms with E-state index in [2.05, 4.69) is 16.6 Å². The molecule has 0 saturated heterocycles. The molecule has 3 N–H and O–H groups in total. The van der Waals surface area contributed by atoms with Gasteiger partial charge in [0, 0.05) is 18.2 Å². The summed E-state index contributed by atoms with van der Waals surface area (Å²) in [7, 11) is 0. The molecular formula is C18H22F2N2O2. The van der Waals surface area contributed by atoms with Gasteiger partial charge >= 0.3 is 6.03 Å². The highest BCUT2D eigenvalue weighted by atomic mass is 19.1. The molecule has 130 valence electrons. The second kappa shape index (κ2) is 8.65. The molecule has 2 rings (SSSR count). The normalized spacial score (nSPS) is 16.2. The summed E-state index contributed by atoms with van der Waals surface area (Å²) >= 11 is 0. The predicted octanol–water partition coefficient (Wildman–Crippen LogP) is 3.40. The van der Waals surface area contributed by atoms with Crippen LogP contribution in [0.2, 0.25) is 0 Å². The number of aliphatic hydroxyl groups is 1. The van der Waals surface area contributed by atoms with E-state index in [0.717, 1.165) is 37.8 Å². The molecule has 1 aliphatic rings. The average molecular weight is 336 g/mol. The van der Waals surface area contributed by atoms with E-state index in [1.54, 1.807) is 0 Å². The molecule has 0 spiro atoms. The van der Waals surface area contributed by atoms with Gasteiger partial charge in [-0.3, -0.25) is 0 Å². The molecule has 24 heavy (non-hydrogen) atoms. The first-order chi connectivity index (χ1) is 11.5. The number of halogens is 2. The summed E-state index contributed by atoms with van der Waals surface area (Å²) in [5.74, 6) is 0.575. The third-order valence-corrected chi connectivity index (χ3v) is 4.42. The Morgan fingerprint density at radius 1 is 1.29 bits per heavy atom. The van der Waals surface area contributed by atoms with E-state index in [9.17, 15) is 18.7 Å². The number of hydrogen-bond donors (Lipinski definition) is 3. The first-order valence-electron chi connectivity index (χ1n) is 8.19. The van der Waals surface area contributed by atoms with Gasteiger partial charge in [0.25, 0.3) is 0 Å². The molecule has 1 atom stereocenters. The second-order valence-corrected chi connectivity index (χ2v) is 6.07. The van der Waals surface area contributed by atoms with Gasteiger partial charge in [0.05, 0.1) is 0 Å². The molecule has 0 aliphatic heterocycles. The number of hydrogen-bond acceptors (Lipinski definition) is 2. The largest absolute Gasteiger partial charge is 0.396 e. The Kier molecular flexibility index (Phi) is 6.56. The Balaban J connectivity index is 2.04. The van der Waals surface area contributed by atoms with Gasteiger partial charge in [0.2, 0.25) is 0 Å². The van der Waals surface area contributed by atoms with Crippen molar-refractivity contribution in [2.24, 2.45) is 5.92 Å². The number of amides is 2. The van der Waals surface area contributed by atoms with Gasteiger partial charge in [-0.15, -0.1) is 6.42 Å². The van der Waals surface area contributed by atoms with Crippen LogP contribution in [0.25, 0.3) is 0 Å². The summed E-state index contributed by atoms with van der Waals surface area (Å²) in [6.45, 7) is -0.0545. The van der Waals surface area contributed by atoms with Crippen LogP contribution in [0.15, 0.2) is 12.1 Å². The van der Waals surface area contributed by atoms with E-state index < -0.39 is 23.4 Å². The zero-order chi connectivity index (χ0) is 17.5. The lowest BCUT2D eigenvalue weighted by Crippen LogP contribution is -2.44. The fourth-order valence-electron chi connectivity index (χ4n) is 3.20. The number of nitrogens with one attached hydrogen (secondary N) is 2. The molecule has 1 saturated carbocycles. The van der Waals surface area contributed by atoms with Crippen molar-refractivity contribution in [2.75, 3.05) is 11.9 Å². The third kappa shape index (κ3) is 4.68. The average Bonchev–Trinajstić information content (AvgIpc) is 2.58. The van der Waals surface area contributed by atoms with Crippen LogP contribution in [0.1, 0.15) is 44.1 Å². The first kappa shape index (κ1) is 18.2. The van der Waals surface area contributed by atoms with Crippen molar-refractivity contribution >= 4 is 11.7 Å². The van der Waals surface area contributed by atoms with Gasteiger partial charge in [-0.1, -0.05) is 25.2 Å². The SMILES string of the molecule is C#Cc1cc(F)c(NC(=O)NC(CCO)C2CCCCC2)c(F)c1. The minimum atomic E-state index is -0.922. The van der Waals surface area contributed by atoms with Crippen LogP contribution in [-0.2, 0) is 0 Å². The van der Waals surface area contributed by atoms with Crippen LogP contribution in [-0.4, -0.2) is 23.8 Å². The van der Waals surface area contributed by atoms with E-state index in [1.807, 2.05) is 0 Å². The van der Waals surface area contributed by atoms with E-state index in [1.165, 1.54) is 6.42 Å². The summed E-state index contributed by atoms with van der Waals surface area (Å²) in [4.78, 5) is 12.1. The van der Waals surface area contributed by atoms with Crippen LogP contribution in [0.5, 0.6) is 0 Å². The number of anilines is 1. The lowest BCUT2D eigenvalue weighted by atomic mass is 9.83. The van der Waals surface area contributed by atoms with Crippen molar-refractivity contribution in [3.63, 3.8) is 0 Å². The smallest absolute Gasteiger partial charge is 0.319 e. The van der Waals surface area contributed by atoms with Crippen molar-refractivity contribution < 1.29 is 18.7 Å². The number of aliphatic hydroxyl groups excluding tert-OH is 1. The Morgan fingerprint density at radius 2 is 1.92 bits per heavy atom. The van der Waals surface area contributed by atoms with Crippen LogP contribution >= 0.6 is 0 Å². The van der Waals surface area contributed by atoms with Crippen molar-refractivity contribution in [3.8, 4) is 12.3 Å². The quantitative estimate of drug-likeness (QED) is 0.722. The molecule has 0 aromatic heterocycles. The molecule has 1 unspecified atom stereocenters. The maximum atomic E-state index is 13.9. The fourth-order valence-corrected chi connectivity index (χ4v) is 3.20. The maximum absolute atomic E-state index is 13.9. The third-order valence-electron chi connectivity index (χ3n) is 4.42. The Hall–Kier alpha value is -2.13. The fraction of sp³-hybridized carbons (Fsp3) is 0.500. The Labute approximate surface area is 140 Å². The minimum Gasteiger partial charge on any atom is -0.396 e. The molecule has 0 radical (unpaired) electrons. The molecular weight excluding hydrogens is 314 g/mol. The molecule has 6 heteroatoms. The highest BCUT2D eigenvalue weighted by molar-refractivity contribution is 5.89. The van der Waals surface area contributed by atoms with Gasteiger partial charge in [0.1, 0.15) is 5.69 Å². The van der Waals surface area contributed by atoms with Gasteiger partial charge < -0.3 is 15.7 Å². The van der Waals surface area contributed by atoms with Gasteiger partial charge in [-0.05, 0) is 37.3 Å². The van der Waals surface area contributed by atoms with E-state index in [4.69, 9.17) is 6.42 Å². The summed E-state index contributed by atoms with van der Waals surface area (Å²) < 4.78 is 27.8. The minimum absolute atomic E-state index is 0.0545. The van der Waals surface area contributed by atoms with Crippen LogP contribution in [0.3, 0.4) is 0 Å². The molecule has 0 bridgehead atoms. The number of terminal acetylenes is 1. The summed E-state index contributed by atoms with van der Waals surface area (Å²) in [5.41, 5.74) is -0.464. The van der Waals surface area contributed by atoms with Crippen LogP contribution in [0.4, 0.5) is 19.3 Å². The van der Waals surface area contributed by atoms with Gasteiger partial charge in [0.15, 0.2) is 11.6 Å². The molecule has 1 aromatic rings. The van der Waals surface area contributed by atoms with Crippen molar-refractivity contribution in [2.45, 2.75) is 44.6 Å². The lowest BCUT2D eigenvalue weighted by Gasteiger charge is -2.30. The van der Waals surface area contributed by atoms with Crippen molar-refractivity contribution in [1.82, 2.24) is 5.32 Å². The highest BCUT2D eigenvalue weighted by Gasteiger charge is 2.25. The first-order valence-corrected chi connectivity index (χ1v) is 8.19. The van der Waals surface area contributed by atoms with E-state index in [0.29, 0.717) is 6.42 Å². The molecule has 4 nitrogen and oxygen atoms in total. The van der Waals surface area contributed by atoms with Crippen molar-refractivity contribution in [3.05, 3.63) is 29.3 Å². The monoisotopic (exact) mass is 336 g/mol. The standard InChI is InChI=1S/C18H22F2N2O2/c1-2-12-10-14(19)17(15(20)11-12)22-18(24)21-16(8-9-23)13-6-4-3-5-7-13/h1,10-11,13,16,23H,3-9H2,(H2,21,22,24). The lowest BCUT2D eigenvalue weighted by molar-refractivity contribution is 0.202. The summed E-state index contributed by atoms with van der Waals surface area (Å²) in [6, 6.07) is 1.08. The number of rotatable bonds is 5. The second-order valence-electron chi connectivity index (χ2n) is 6.07. The summed E-state index contributed by atoms with van der Waals surface area (Å²) in [5, 5.41) is 14.1.